The Bertz CT molecular complexity index is 1130. The van der Waals surface area contributed by atoms with Crippen molar-refractivity contribution in [2.45, 2.75) is 161 Å². The molecule has 16 atom stereocenters. The second-order valence-corrected chi connectivity index (χ2v) is 17.5. The molecule has 266 valence electrons. The molecule has 0 amide bonds. The van der Waals surface area contributed by atoms with Gasteiger partial charge in [0.15, 0.2) is 6.29 Å². The van der Waals surface area contributed by atoms with E-state index in [2.05, 4.69) is 40.7 Å². The molecular formula is C36H62O10. The molecule has 1 aliphatic heterocycles. The Morgan fingerprint density at radius 1 is 0.891 bits per heavy atom. The van der Waals surface area contributed by atoms with Gasteiger partial charge >= 0.3 is 0 Å². The summed E-state index contributed by atoms with van der Waals surface area (Å²) in [4.78, 5) is 0. The van der Waals surface area contributed by atoms with Crippen LogP contribution in [-0.2, 0) is 9.47 Å². The third-order valence-corrected chi connectivity index (χ3v) is 14.6. The molecule has 0 unspecified atom stereocenters. The van der Waals surface area contributed by atoms with Crippen molar-refractivity contribution in [3.8, 4) is 0 Å². The van der Waals surface area contributed by atoms with Gasteiger partial charge in [0.05, 0.1) is 24.4 Å². The van der Waals surface area contributed by atoms with Crippen molar-refractivity contribution in [3.05, 3.63) is 11.6 Å². The first-order chi connectivity index (χ1) is 21.2. The summed E-state index contributed by atoms with van der Waals surface area (Å²) in [6, 6.07) is 0. The van der Waals surface area contributed by atoms with E-state index < -0.39 is 61.2 Å². The standard InChI is InChI=1S/C36H62O10/c1-18(25(38)28(41)30(43)33(4,5)44)19-13-14-36(8)23-11-9-20-21(34(23,6)15-16-35(19,36)7)10-12-24(32(20,2)3)46-31-29(42)27(40)26(39)22(17-37)45-31/h9,18-19,21-31,37-44H,10-17H2,1-8H3/t18-,19+,21-,22+,23+,24+,25-,26+,27-,28+,29+,30+,31-,34+,35+,36-/m0/s1. The zero-order chi connectivity index (χ0) is 34.4. The second-order valence-electron chi connectivity index (χ2n) is 17.5. The topological polar surface area (TPSA) is 180 Å². The largest absolute Gasteiger partial charge is 0.394 e. The molecule has 0 aromatic carbocycles. The summed E-state index contributed by atoms with van der Waals surface area (Å²) < 4.78 is 12.1. The lowest BCUT2D eigenvalue weighted by atomic mass is 9.39. The lowest BCUT2D eigenvalue weighted by Crippen LogP contribution is -2.62. The normalized spacial score (nSPS) is 48.3. The number of hydrogen-bond donors (Lipinski definition) is 8. The molecule has 4 fully saturated rings. The minimum Gasteiger partial charge on any atom is -0.394 e. The zero-order valence-corrected chi connectivity index (χ0v) is 29.1. The van der Waals surface area contributed by atoms with Crippen molar-refractivity contribution >= 4 is 0 Å². The van der Waals surface area contributed by atoms with E-state index in [4.69, 9.17) is 9.47 Å². The predicted molar refractivity (Wildman–Crippen MR) is 171 cm³/mol. The summed E-state index contributed by atoms with van der Waals surface area (Å²) in [5, 5.41) is 83.9. The number of allylic oxidation sites excluding steroid dienone is 1. The van der Waals surface area contributed by atoms with Crippen LogP contribution in [0.5, 0.6) is 0 Å². The van der Waals surface area contributed by atoms with Crippen LogP contribution in [0.25, 0.3) is 0 Å². The van der Waals surface area contributed by atoms with Crippen molar-refractivity contribution in [1.82, 2.24) is 0 Å². The summed E-state index contributed by atoms with van der Waals surface area (Å²) in [7, 11) is 0. The minimum atomic E-state index is -1.53. The smallest absolute Gasteiger partial charge is 0.187 e. The van der Waals surface area contributed by atoms with E-state index in [-0.39, 0.29) is 39.6 Å². The molecule has 10 nitrogen and oxygen atoms in total. The molecule has 4 aliphatic carbocycles. The maximum absolute atomic E-state index is 11.3. The van der Waals surface area contributed by atoms with Gasteiger partial charge in [0.1, 0.15) is 36.6 Å². The van der Waals surface area contributed by atoms with Gasteiger partial charge in [0.2, 0.25) is 0 Å². The van der Waals surface area contributed by atoms with E-state index in [1.165, 1.54) is 19.4 Å². The van der Waals surface area contributed by atoms with Gasteiger partial charge in [-0.15, -0.1) is 0 Å². The van der Waals surface area contributed by atoms with E-state index in [0.717, 1.165) is 44.9 Å². The van der Waals surface area contributed by atoms with Gasteiger partial charge in [-0.1, -0.05) is 53.2 Å². The maximum Gasteiger partial charge on any atom is 0.187 e. The third kappa shape index (κ3) is 5.46. The van der Waals surface area contributed by atoms with Crippen molar-refractivity contribution in [2.24, 2.45) is 45.3 Å². The minimum absolute atomic E-state index is 0.00825. The molecule has 0 aromatic heterocycles. The highest BCUT2D eigenvalue weighted by molar-refractivity contribution is 5.30. The summed E-state index contributed by atoms with van der Waals surface area (Å²) in [5.74, 6) is 0.674. The van der Waals surface area contributed by atoms with Crippen LogP contribution in [-0.4, -0.2) is 108 Å². The highest BCUT2D eigenvalue weighted by Gasteiger charge is 2.68. The maximum atomic E-state index is 11.3. The Balaban J connectivity index is 1.36. The fourth-order valence-electron chi connectivity index (χ4n) is 11.3. The van der Waals surface area contributed by atoms with Crippen molar-refractivity contribution in [1.29, 1.82) is 0 Å². The Morgan fingerprint density at radius 2 is 1.54 bits per heavy atom. The Morgan fingerprint density at radius 3 is 2.15 bits per heavy atom. The van der Waals surface area contributed by atoms with Crippen LogP contribution in [0, 0.1) is 45.3 Å². The number of fused-ring (bicyclic) bond motifs is 5. The first kappa shape index (κ1) is 36.6. The Kier molecular flexibility index (Phi) is 9.78. The summed E-state index contributed by atoms with van der Waals surface area (Å²) >= 11 is 0. The van der Waals surface area contributed by atoms with Crippen molar-refractivity contribution in [2.75, 3.05) is 6.61 Å². The molecule has 1 saturated heterocycles. The van der Waals surface area contributed by atoms with Crippen LogP contribution in [0.4, 0.5) is 0 Å². The fourth-order valence-corrected chi connectivity index (χ4v) is 11.3. The summed E-state index contributed by atoms with van der Waals surface area (Å²) in [5.41, 5.74) is -0.542. The number of aliphatic hydroxyl groups excluding tert-OH is 7. The lowest BCUT2D eigenvalue weighted by molar-refractivity contribution is -0.320. The molecule has 5 rings (SSSR count). The highest BCUT2D eigenvalue weighted by Crippen LogP contribution is 2.75. The average molecular weight is 655 g/mol. The van der Waals surface area contributed by atoms with Gasteiger partial charge in [-0.3, -0.25) is 0 Å². The average Bonchev–Trinajstić information content (AvgIpc) is 3.27. The predicted octanol–water partition coefficient (Wildman–Crippen LogP) is 2.27. The van der Waals surface area contributed by atoms with Gasteiger partial charge in [-0.25, -0.2) is 0 Å². The van der Waals surface area contributed by atoms with Gasteiger partial charge in [-0.05, 0) is 98.7 Å². The molecular weight excluding hydrogens is 592 g/mol. The second kappa shape index (κ2) is 12.3. The monoisotopic (exact) mass is 654 g/mol. The first-order valence-electron chi connectivity index (χ1n) is 17.6. The molecule has 5 aliphatic rings. The van der Waals surface area contributed by atoms with E-state index in [0.29, 0.717) is 11.8 Å². The van der Waals surface area contributed by atoms with Gasteiger partial charge in [0.25, 0.3) is 0 Å². The summed E-state index contributed by atoms with van der Waals surface area (Å²) in [6.45, 7) is 16.0. The first-order valence-corrected chi connectivity index (χ1v) is 17.6. The molecule has 0 aromatic rings. The number of aliphatic hydroxyl groups is 8. The lowest BCUT2D eigenvalue weighted by Gasteiger charge is -2.66. The van der Waals surface area contributed by atoms with Crippen LogP contribution in [0.3, 0.4) is 0 Å². The quantitative estimate of drug-likeness (QED) is 0.181. The number of rotatable bonds is 8. The molecule has 0 bridgehead atoms. The van der Waals surface area contributed by atoms with Gasteiger partial charge in [-0.2, -0.15) is 0 Å². The Labute approximate surface area is 274 Å². The van der Waals surface area contributed by atoms with Crippen LogP contribution in [0.1, 0.15) is 100 Å². The van der Waals surface area contributed by atoms with Crippen molar-refractivity contribution < 1.29 is 50.3 Å². The Hall–Kier alpha value is -0.660. The van der Waals surface area contributed by atoms with E-state index >= 15 is 0 Å². The number of ether oxygens (including phenoxy) is 2. The highest BCUT2D eigenvalue weighted by atomic mass is 16.7. The fraction of sp³-hybridized carbons (Fsp3) is 0.944. The van der Waals surface area contributed by atoms with E-state index in [9.17, 15) is 40.9 Å². The molecule has 0 spiro atoms. The summed E-state index contributed by atoms with van der Waals surface area (Å²) in [6.07, 6.45) is -1.84. The molecule has 3 saturated carbocycles. The molecule has 46 heavy (non-hydrogen) atoms. The van der Waals surface area contributed by atoms with E-state index in [1.54, 1.807) is 0 Å². The SMILES string of the molecule is C[C@H]([C@H](O)[C@@H](O)[C@@H](O)C(C)(C)O)[C@H]1CC[C@@]2(C)[C@@H]3CC=C4[C@H](CC[C@@H](O[C@@H]5O[C@H](CO)[C@@H](O)[C@H](O)[C@H]5O)C4(C)C)[C@@]3(C)CC[C@]12C. The van der Waals surface area contributed by atoms with Crippen molar-refractivity contribution in [3.63, 3.8) is 0 Å². The van der Waals surface area contributed by atoms with Crippen LogP contribution in [0.2, 0.25) is 0 Å². The molecule has 10 heteroatoms. The zero-order valence-electron chi connectivity index (χ0n) is 29.1. The number of hydrogen-bond acceptors (Lipinski definition) is 10. The van der Waals surface area contributed by atoms with Crippen LogP contribution >= 0.6 is 0 Å². The van der Waals surface area contributed by atoms with Crippen LogP contribution < -0.4 is 0 Å². The van der Waals surface area contributed by atoms with Gasteiger partial charge < -0.3 is 50.3 Å². The van der Waals surface area contributed by atoms with Crippen LogP contribution in [0.15, 0.2) is 11.6 Å². The molecule has 1 heterocycles. The van der Waals surface area contributed by atoms with Gasteiger partial charge in [0, 0.05) is 5.41 Å². The molecule has 0 radical (unpaired) electrons. The third-order valence-electron chi connectivity index (χ3n) is 14.6. The van der Waals surface area contributed by atoms with E-state index in [1.807, 2.05) is 6.92 Å². The molecule has 8 N–H and O–H groups in total.